The van der Waals surface area contributed by atoms with Crippen molar-refractivity contribution in [1.29, 1.82) is 0 Å². The van der Waals surface area contributed by atoms with Crippen molar-refractivity contribution in [2.45, 2.75) is 13.0 Å². The van der Waals surface area contributed by atoms with E-state index in [0.717, 1.165) is 22.9 Å². The first kappa shape index (κ1) is 13.7. The third-order valence-corrected chi connectivity index (χ3v) is 3.16. The highest BCUT2D eigenvalue weighted by atomic mass is 32.1. The number of nitrogens with one attached hydrogen (secondary N) is 1. The molecule has 0 unspecified atom stereocenters. The van der Waals surface area contributed by atoms with Crippen LogP contribution in [-0.4, -0.2) is 35.2 Å². The third-order valence-electron chi connectivity index (χ3n) is 2.45. The van der Waals surface area contributed by atoms with Gasteiger partial charge in [-0.25, -0.2) is 9.97 Å². The number of nitrogens with zero attached hydrogens (tertiary/aromatic N) is 3. The Morgan fingerprint density at radius 1 is 1.37 bits per heavy atom. The van der Waals surface area contributed by atoms with Gasteiger partial charge in [-0.3, -0.25) is 0 Å². The number of hydrogen-bond donors (Lipinski definition) is 1. The fraction of sp³-hybridized carbons (Fsp3) is 0.417. The van der Waals surface area contributed by atoms with E-state index in [-0.39, 0.29) is 0 Å². The highest BCUT2D eigenvalue weighted by molar-refractivity contribution is 7.09. The minimum Gasteiger partial charge on any atom is -0.481 e. The van der Waals surface area contributed by atoms with Crippen LogP contribution >= 0.6 is 11.5 Å². The molecule has 1 N–H and O–H groups in total. The number of rotatable bonds is 7. The molecule has 0 radical (unpaired) electrons. The van der Waals surface area contributed by atoms with Gasteiger partial charge in [-0.1, -0.05) is 0 Å². The Balaban J connectivity index is 1.89. The fourth-order valence-electron chi connectivity index (χ4n) is 1.47. The van der Waals surface area contributed by atoms with Gasteiger partial charge >= 0.3 is 0 Å². The number of anilines is 1. The minimum absolute atomic E-state index is 0.609. The molecule has 0 aliphatic heterocycles. The maximum absolute atomic E-state index is 5.08. The summed E-state index contributed by atoms with van der Waals surface area (Å²) < 4.78 is 14.3. The maximum atomic E-state index is 5.08. The molecule has 19 heavy (non-hydrogen) atoms. The van der Waals surface area contributed by atoms with E-state index in [2.05, 4.69) is 19.7 Å². The summed E-state index contributed by atoms with van der Waals surface area (Å²) in [4.78, 5) is 8.44. The largest absolute Gasteiger partial charge is 0.481 e. The van der Waals surface area contributed by atoms with Crippen molar-refractivity contribution in [2.24, 2.45) is 0 Å². The van der Waals surface area contributed by atoms with Gasteiger partial charge in [0.1, 0.15) is 5.82 Å². The first-order valence-electron chi connectivity index (χ1n) is 5.86. The maximum Gasteiger partial charge on any atom is 0.213 e. The second kappa shape index (κ2) is 7.01. The first-order valence-corrected chi connectivity index (χ1v) is 6.63. The fourth-order valence-corrected chi connectivity index (χ4v) is 2.08. The number of pyridine rings is 1. The zero-order valence-corrected chi connectivity index (χ0v) is 11.7. The summed E-state index contributed by atoms with van der Waals surface area (Å²) in [7, 11) is 3.27. The molecule has 0 aliphatic carbocycles. The normalized spacial score (nSPS) is 10.4. The van der Waals surface area contributed by atoms with Crippen LogP contribution in [0.1, 0.15) is 11.4 Å². The zero-order chi connectivity index (χ0) is 13.5. The van der Waals surface area contributed by atoms with Crippen molar-refractivity contribution in [3.8, 4) is 5.88 Å². The Bertz CT molecular complexity index is 518. The summed E-state index contributed by atoms with van der Waals surface area (Å²) in [6.45, 7) is 1.30. The van der Waals surface area contributed by atoms with E-state index in [1.165, 1.54) is 11.5 Å². The van der Waals surface area contributed by atoms with Crippen molar-refractivity contribution in [1.82, 2.24) is 14.3 Å². The molecule has 0 spiro atoms. The highest BCUT2D eigenvalue weighted by Crippen LogP contribution is 2.14. The Kier molecular flexibility index (Phi) is 5.05. The lowest BCUT2D eigenvalue weighted by molar-refractivity contribution is 0.201. The van der Waals surface area contributed by atoms with Gasteiger partial charge in [0.2, 0.25) is 11.0 Å². The summed E-state index contributed by atoms with van der Waals surface area (Å²) in [5.74, 6) is 1.42. The number of aromatic nitrogens is 3. The predicted molar refractivity (Wildman–Crippen MR) is 73.6 cm³/mol. The Labute approximate surface area is 116 Å². The summed E-state index contributed by atoms with van der Waals surface area (Å²) in [6, 6.07) is 3.82. The monoisotopic (exact) mass is 280 g/mol. The summed E-state index contributed by atoms with van der Waals surface area (Å²) in [5.41, 5.74) is 1.08. The van der Waals surface area contributed by atoms with Crippen molar-refractivity contribution in [3.05, 3.63) is 29.7 Å². The predicted octanol–water partition coefficient (Wildman–Crippen LogP) is 1.74. The van der Waals surface area contributed by atoms with Crippen LogP contribution < -0.4 is 10.1 Å². The molecule has 0 amide bonds. The van der Waals surface area contributed by atoms with E-state index in [1.54, 1.807) is 20.4 Å². The molecule has 0 saturated carbocycles. The second-order valence-electron chi connectivity index (χ2n) is 3.82. The van der Waals surface area contributed by atoms with E-state index in [4.69, 9.17) is 9.47 Å². The smallest absolute Gasteiger partial charge is 0.213 e. The van der Waals surface area contributed by atoms with E-state index < -0.39 is 0 Å². The number of ether oxygens (including phenoxy) is 2. The average Bonchev–Trinajstić information content (AvgIpc) is 2.91. The Morgan fingerprint density at radius 2 is 2.26 bits per heavy atom. The molecule has 6 nitrogen and oxygen atoms in total. The second-order valence-corrected chi connectivity index (χ2v) is 4.57. The molecule has 2 heterocycles. The van der Waals surface area contributed by atoms with Crippen molar-refractivity contribution in [3.63, 3.8) is 0 Å². The van der Waals surface area contributed by atoms with Crippen molar-refractivity contribution < 1.29 is 9.47 Å². The molecular formula is C12H16N4O2S. The summed E-state index contributed by atoms with van der Waals surface area (Å²) >= 11 is 1.35. The van der Waals surface area contributed by atoms with Gasteiger partial charge in [0.05, 0.1) is 13.7 Å². The van der Waals surface area contributed by atoms with E-state index in [1.807, 2.05) is 12.1 Å². The van der Waals surface area contributed by atoms with Crippen molar-refractivity contribution >= 4 is 16.7 Å². The summed E-state index contributed by atoms with van der Waals surface area (Å²) in [6.07, 6.45) is 2.46. The van der Waals surface area contributed by atoms with Gasteiger partial charge in [0, 0.05) is 43.9 Å². The molecule has 0 saturated heterocycles. The molecule has 0 bridgehead atoms. The molecule has 0 fully saturated rings. The van der Waals surface area contributed by atoms with Crippen LogP contribution in [0, 0.1) is 0 Å². The van der Waals surface area contributed by atoms with Gasteiger partial charge in [-0.15, -0.1) is 0 Å². The van der Waals surface area contributed by atoms with Gasteiger partial charge in [-0.05, 0) is 11.6 Å². The SMILES string of the molecule is COCCc1nsc(NCc2ccnc(OC)c2)n1. The Morgan fingerprint density at radius 3 is 3.05 bits per heavy atom. The van der Waals surface area contributed by atoms with Crippen LogP contribution in [0.3, 0.4) is 0 Å². The first-order chi connectivity index (χ1) is 9.31. The quantitative estimate of drug-likeness (QED) is 0.833. The topological polar surface area (TPSA) is 69.2 Å². The van der Waals surface area contributed by atoms with Crippen LogP contribution in [0.2, 0.25) is 0 Å². The molecule has 0 aliphatic rings. The third kappa shape index (κ3) is 4.15. The number of methoxy groups -OCH3 is 2. The van der Waals surface area contributed by atoms with Gasteiger partial charge in [0.25, 0.3) is 0 Å². The lowest BCUT2D eigenvalue weighted by atomic mass is 10.3. The number of hydrogen-bond acceptors (Lipinski definition) is 7. The van der Waals surface area contributed by atoms with E-state index >= 15 is 0 Å². The molecule has 2 aromatic rings. The van der Waals surface area contributed by atoms with Gasteiger partial charge in [0.15, 0.2) is 0 Å². The van der Waals surface area contributed by atoms with Crippen LogP contribution in [0.25, 0.3) is 0 Å². The lowest BCUT2D eigenvalue weighted by Gasteiger charge is -2.04. The van der Waals surface area contributed by atoms with Crippen LogP contribution in [0.5, 0.6) is 5.88 Å². The lowest BCUT2D eigenvalue weighted by Crippen LogP contribution is -2.01. The molecule has 0 atom stereocenters. The standard InChI is InChI=1S/C12H16N4O2S/c1-17-6-4-10-15-12(19-16-10)14-8-9-3-5-13-11(7-9)18-2/h3,5,7H,4,6,8H2,1-2H3,(H,14,15,16). The van der Waals surface area contributed by atoms with Crippen LogP contribution in [0.4, 0.5) is 5.13 Å². The molecule has 7 heteroatoms. The summed E-state index contributed by atoms with van der Waals surface area (Å²) in [5, 5.41) is 4.04. The van der Waals surface area contributed by atoms with E-state index in [0.29, 0.717) is 19.0 Å². The molecule has 0 aromatic carbocycles. The Hall–Kier alpha value is -1.73. The van der Waals surface area contributed by atoms with Gasteiger partial charge < -0.3 is 14.8 Å². The molecule has 2 rings (SSSR count). The molecular weight excluding hydrogens is 264 g/mol. The zero-order valence-electron chi connectivity index (χ0n) is 10.9. The minimum atomic E-state index is 0.609. The molecule has 102 valence electrons. The molecule has 2 aromatic heterocycles. The van der Waals surface area contributed by atoms with E-state index in [9.17, 15) is 0 Å². The van der Waals surface area contributed by atoms with Crippen LogP contribution in [-0.2, 0) is 17.7 Å². The van der Waals surface area contributed by atoms with Crippen molar-refractivity contribution in [2.75, 3.05) is 26.1 Å². The average molecular weight is 280 g/mol. The van der Waals surface area contributed by atoms with Crippen LogP contribution in [0.15, 0.2) is 18.3 Å². The highest BCUT2D eigenvalue weighted by Gasteiger charge is 2.04. The van der Waals surface area contributed by atoms with Gasteiger partial charge in [-0.2, -0.15) is 4.37 Å².